The van der Waals surface area contributed by atoms with Crippen molar-refractivity contribution in [1.82, 2.24) is 25.1 Å². The molecule has 4 heterocycles. The summed E-state index contributed by atoms with van der Waals surface area (Å²) in [4.78, 5) is 21.3. The minimum absolute atomic E-state index is 0.354. The van der Waals surface area contributed by atoms with Crippen LogP contribution in [-0.2, 0) is 0 Å². The predicted molar refractivity (Wildman–Crippen MR) is 116 cm³/mol. The highest BCUT2D eigenvalue weighted by Crippen LogP contribution is 2.35. The summed E-state index contributed by atoms with van der Waals surface area (Å²) in [5.74, 6) is 0.964. The van der Waals surface area contributed by atoms with Crippen molar-refractivity contribution in [2.24, 2.45) is 0 Å². The molecule has 0 bridgehead atoms. The molecule has 0 radical (unpaired) electrons. The third-order valence-electron chi connectivity index (χ3n) is 5.69. The van der Waals surface area contributed by atoms with E-state index in [9.17, 15) is 4.79 Å². The number of nitrogen functional groups attached to an aromatic ring is 1. The van der Waals surface area contributed by atoms with E-state index in [2.05, 4.69) is 26.5 Å². The second kappa shape index (κ2) is 7.07. The number of anilines is 1. The summed E-state index contributed by atoms with van der Waals surface area (Å²) in [7, 11) is 0. The van der Waals surface area contributed by atoms with Crippen LogP contribution in [0.3, 0.4) is 0 Å². The lowest BCUT2D eigenvalue weighted by atomic mass is 9.92. The van der Waals surface area contributed by atoms with Crippen molar-refractivity contribution in [3.63, 3.8) is 0 Å². The highest BCUT2D eigenvalue weighted by atomic mass is 16.4. The molecule has 1 atom stereocenters. The number of nitrogens with one attached hydrogen (secondary N) is 1. The molecule has 4 aromatic rings. The molecular formula is C22H22N6O2. The lowest BCUT2D eigenvalue weighted by molar-refractivity contribution is 0.400. The Balaban J connectivity index is 1.80. The van der Waals surface area contributed by atoms with E-state index in [0.717, 1.165) is 47.1 Å². The van der Waals surface area contributed by atoms with E-state index < -0.39 is 0 Å². The zero-order valence-corrected chi connectivity index (χ0v) is 16.8. The van der Waals surface area contributed by atoms with Gasteiger partial charge in [0.1, 0.15) is 23.9 Å². The zero-order valence-electron chi connectivity index (χ0n) is 16.8. The smallest absolute Gasteiger partial charge is 0.343 e. The summed E-state index contributed by atoms with van der Waals surface area (Å²) < 4.78 is 7.69. The van der Waals surface area contributed by atoms with E-state index >= 15 is 0 Å². The van der Waals surface area contributed by atoms with E-state index in [1.807, 2.05) is 38.1 Å². The third kappa shape index (κ3) is 2.80. The number of aryl methyl sites for hydroxylation is 1. The predicted octanol–water partition coefficient (Wildman–Crippen LogP) is 2.81. The number of fused-ring (bicyclic) bond motifs is 2. The van der Waals surface area contributed by atoms with Gasteiger partial charge in [0.2, 0.25) is 0 Å². The van der Waals surface area contributed by atoms with Crippen molar-refractivity contribution < 1.29 is 4.42 Å². The highest BCUT2D eigenvalue weighted by Gasteiger charge is 2.26. The van der Waals surface area contributed by atoms with Crippen molar-refractivity contribution >= 4 is 33.2 Å². The van der Waals surface area contributed by atoms with Crippen molar-refractivity contribution in [3.8, 4) is 0 Å². The van der Waals surface area contributed by atoms with Crippen LogP contribution in [0.1, 0.15) is 36.4 Å². The molecule has 0 spiro atoms. The first-order valence-corrected chi connectivity index (χ1v) is 9.97. The number of hydrogen-bond acceptors (Lipinski definition) is 7. The summed E-state index contributed by atoms with van der Waals surface area (Å²) >= 11 is 0. The van der Waals surface area contributed by atoms with E-state index in [1.165, 1.54) is 6.33 Å². The van der Waals surface area contributed by atoms with Crippen molar-refractivity contribution in [2.45, 2.75) is 26.3 Å². The molecule has 0 aliphatic carbocycles. The van der Waals surface area contributed by atoms with Crippen LogP contribution in [0.15, 0.2) is 45.9 Å². The van der Waals surface area contributed by atoms with Crippen LogP contribution >= 0.6 is 0 Å². The zero-order chi connectivity index (χ0) is 20.8. The first-order valence-electron chi connectivity index (χ1n) is 9.97. The summed E-state index contributed by atoms with van der Waals surface area (Å²) in [6, 6.07) is 7.23. The fraction of sp³-hybridized carbons (Fsp3) is 0.273. The molecule has 8 heteroatoms. The van der Waals surface area contributed by atoms with Gasteiger partial charge in [-0.3, -0.25) is 0 Å². The van der Waals surface area contributed by atoms with Crippen molar-refractivity contribution in [1.29, 1.82) is 0 Å². The number of nitrogens with two attached hydrogens (primary N) is 1. The van der Waals surface area contributed by atoms with Gasteiger partial charge in [0.25, 0.3) is 0 Å². The van der Waals surface area contributed by atoms with E-state index in [-0.39, 0.29) is 11.7 Å². The van der Waals surface area contributed by atoms with Gasteiger partial charge in [0.15, 0.2) is 5.65 Å². The largest absolute Gasteiger partial charge is 0.424 e. The molecule has 0 fully saturated rings. The number of benzene rings is 1. The van der Waals surface area contributed by atoms with Crippen LogP contribution in [0.5, 0.6) is 0 Å². The SMILES string of the molecule is Cc1nn(C(C)c2oc(=O)c3ccccc3c2C2=CCNCC2)c2ncnc(N)c12. The summed E-state index contributed by atoms with van der Waals surface area (Å²) in [5, 5.41) is 10.2. The molecule has 152 valence electrons. The van der Waals surface area contributed by atoms with Gasteiger partial charge in [0.05, 0.1) is 16.5 Å². The van der Waals surface area contributed by atoms with Crippen LogP contribution in [-0.4, -0.2) is 32.8 Å². The van der Waals surface area contributed by atoms with E-state index in [0.29, 0.717) is 22.6 Å². The van der Waals surface area contributed by atoms with E-state index in [1.54, 1.807) is 4.68 Å². The van der Waals surface area contributed by atoms with Crippen LogP contribution in [0.2, 0.25) is 0 Å². The Hall–Kier alpha value is -3.52. The second-order valence-electron chi connectivity index (χ2n) is 7.52. The fourth-order valence-electron chi connectivity index (χ4n) is 4.24. The Morgan fingerprint density at radius 3 is 2.80 bits per heavy atom. The first-order chi connectivity index (χ1) is 14.6. The van der Waals surface area contributed by atoms with Gasteiger partial charge in [-0.15, -0.1) is 0 Å². The Labute approximate surface area is 172 Å². The topological polar surface area (TPSA) is 112 Å². The van der Waals surface area contributed by atoms with Crippen molar-refractivity contribution in [2.75, 3.05) is 18.8 Å². The average Bonchev–Trinajstić information content (AvgIpc) is 3.11. The van der Waals surface area contributed by atoms with E-state index in [4.69, 9.17) is 10.2 Å². The van der Waals surface area contributed by atoms with Gasteiger partial charge < -0.3 is 15.5 Å². The standard InChI is InChI=1S/C22H22N6O2/c1-12-17-20(23)25-11-26-21(17)28(27-12)13(2)19-18(14-7-9-24-10-8-14)15-5-3-4-6-16(15)22(29)30-19/h3-7,11,13,24H,8-10H2,1-2H3,(H2,23,25,26). The van der Waals surface area contributed by atoms with Gasteiger partial charge in [0, 0.05) is 12.1 Å². The van der Waals surface area contributed by atoms with Crippen molar-refractivity contribution in [3.05, 3.63) is 64.1 Å². The Bertz CT molecular complexity index is 1370. The first kappa shape index (κ1) is 18.5. The lowest BCUT2D eigenvalue weighted by Gasteiger charge is -2.21. The second-order valence-corrected chi connectivity index (χ2v) is 7.52. The van der Waals surface area contributed by atoms with Crippen LogP contribution in [0, 0.1) is 6.92 Å². The van der Waals surface area contributed by atoms with Crippen LogP contribution in [0.4, 0.5) is 5.82 Å². The molecule has 0 saturated carbocycles. The molecule has 30 heavy (non-hydrogen) atoms. The summed E-state index contributed by atoms with van der Waals surface area (Å²) in [6.07, 6.45) is 4.44. The quantitative estimate of drug-likeness (QED) is 0.542. The Kier molecular flexibility index (Phi) is 4.36. The Morgan fingerprint density at radius 1 is 1.23 bits per heavy atom. The lowest BCUT2D eigenvalue weighted by Crippen LogP contribution is -2.22. The molecule has 1 aliphatic rings. The molecular weight excluding hydrogens is 380 g/mol. The average molecular weight is 402 g/mol. The summed E-state index contributed by atoms with van der Waals surface area (Å²) in [6.45, 7) is 5.49. The third-order valence-corrected chi connectivity index (χ3v) is 5.69. The molecule has 5 rings (SSSR count). The molecule has 8 nitrogen and oxygen atoms in total. The van der Waals surface area contributed by atoms with Gasteiger partial charge in [-0.25, -0.2) is 19.4 Å². The van der Waals surface area contributed by atoms with Gasteiger partial charge >= 0.3 is 5.63 Å². The van der Waals surface area contributed by atoms with Crippen LogP contribution < -0.4 is 16.7 Å². The fourth-order valence-corrected chi connectivity index (χ4v) is 4.24. The molecule has 3 N–H and O–H groups in total. The number of hydrogen-bond donors (Lipinski definition) is 2. The number of aromatic nitrogens is 4. The molecule has 1 aromatic carbocycles. The molecule has 3 aromatic heterocycles. The Morgan fingerprint density at radius 2 is 2.03 bits per heavy atom. The molecule has 0 amide bonds. The maximum atomic E-state index is 12.8. The van der Waals surface area contributed by atoms with Gasteiger partial charge in [-0.1, -0.05) is 24.3 Å². The molecule has 1 unspecified atom stereocenters. The minimum Gasteiger partial charge on any atom is -0.424 e. The highest BCUT2D eigenvalue weighted by molar-refractivity contribution is 5.94. The molecule has 0 saturated heterocycles. The normalized spacial score (nSPS) is 15.5. The maximum absolute atomic E-state index is 12.8. The van der Waals surface area contributed by atoms with Crippen LogP contribution in [0.25, 0.3) is 27.4 Å². The monoisotopic (exact) mass is 402 g/mol. The maximum Gasteiger partial charge on any atom is 0.343 e. The molecule has 1 aliphatic heterocycles. The summed E-state index contributed by atoms with van der Waals surface area (Å²) in [5.41, 5.74) is 9.19. The number of nitrogens with zero attached hydrogens (tertiary/aromatic N) is 4. The minimum atomic E-state index is -0.362. The van der Waals surface area contributed by atoms with Gasteiger partial charge in [-0.05, 0) is 43.8 Å². The van der Waals surface area contributed by atoms with Gasteiger partial charge in [-0.2, -0.15) is 5.10 Å². The number of rotatable bonds is 3.